The largest absolute Gasteiger partial charge is 0.396 e. The van der Waals surface area contributed by atoms with Gasteiger partial charge in [0.15, 0.2) is 0 Å². The van der Waals surface area contributed by atoms with Gasteiger partial charge in [-0.15, -0.1) is 0 Å². The van der Waals surface area contributed by atoms with Crippen LogP contribution in [0.2, 0.25) is 0 Å². The highest BCUT2D eigenvalue weighted by Gasteiger charge is 2.41. The van der Waals surface area contributed by atoms with Gasteiger partial charge in [0.25, 0.3) is 0 Å². The van der Waals surface area contributed by atoms with E-state index >= 15 is 0 Å². The van der Waals surface area contributed by atoms with Crippen LogP contribution in [0.4, 0.5) is 0 Å². The minimum atomic E-state index is 0.0744. The molecule has 1 amide bonds. The van der Waals surface area contributed by atoms with Gasteiger partial charge in [-0.3, -0.25) is 9.63 Å². The molecule has 1 saturated heterocycles. The molecule has 0 bridgehead atoms. The van der Waals surface area contributed by atoms with E-state index in [0.29, 0.717) is 25.3 Å². The molecule has 74 valence electrons. The van der Waals surface area contributed by atoms with E-state index in [0.717, 1.165) is 0 Å². The fourth-order valence-corrected chi connectivity index (χ4v) is 1.65. The summed E-state index contributed by atoms with van der Waals surface area (Å²) in [6, 6.07) is 0. The van der Waals surface area contributed by atoms with Crippen LogP contribution in [0.15, 0.2) is 0 Å². The van der Waals surface area contributed by atoms with Gasteiger partial charge in [0, 0.05) is 6.61 Å². The summed E-state index contributed by atoms with van der Waals surface area (Å²) >= 11 is 0. The highest BCUT2D eigenvalue weighted by atomic mass is 16.7. The standard InChI is InChI=1S/C9H15NO3/c11-5-1-4-10-9(12)6-8(13-10)7-2-3-7/h7-8,11H,1-6H2. The highest BCUT2D eigenvalue weighted by Crippen LogP contribution is 2.38. The van der Waals surface area contributed by atoms with Gasteiger partial charge in [0.2, 0.25) is 5.91 Å². The Balaban J connectivity index is 1.80. The molecule has 1 saturated carbocycles. The van der Waals surface area contributed by atoms with Crippen LogP contribution in [0.25, 0.3) is 0 Å². The van der Waals surface area contributed by atoms with E-state index in [-0.39, 0.29) is 18.6 Å². The Morgan fingerprint density at radius 3 is 2.92 bits per heavy atom. The number of carbonyl (C=O) groups is 1. The second-order valence-corrected chi connectivity index (χ2v) is 3.76. The molecule has 4 nitrogen and oxygen atoms in total. The summed E-state index contributed by atoms with van der Waals surface area (Å²) in [6.45, 7) is 0.639. The summed E-state index contributed by atoms with van der Waals surface area (Å²) < 4.78 is 0. The first-order chi connectivity index (χ1) is 6.31. The zero-order valence-electron chi connectivity index (χ0n) is 7.61. The van der Waals surface area contributed by atoms with Gasteiger partial charge in [-0.05, 0) is 25.2 Å². The zero-order chi connectivity index (χ0) is 9.26. The normalized spacial score (nSPS) is 28.5. The Morgan fingerprint density at radius 1 is 1.54 bits per heavy atom. The summed E-state index contributed by atoms with van der Waals surface area (Å²) in [5.41, 5.74) is 0. The molecule has 2 rings (SSSR count). The molecule has 1 unspecified atom stereocenters. The molecule has 1 aliphatic carbocycles. The highest BCUT2D eigenvalue weighted by molar-refractivity contribution is 5.77. The van der Waals surface area contributed by atoms with E-state index in [1.165, 1.54) is 17.9 Å². The zero-order valence-corrected chi connectivity index (χ0v) is 7.61. The van der Waals surface area contributed by atoms with Gasteiger partial charge >= 0.3 is 0 Å². The summed E-state index contributed by atoms with van der Waals surface area (Å²) in [7, 11) is 0. The third-order valence-corrected chi connectivity index (χ3v) is 2.58. The Labute approximate surface area is 77.4 Å². The van der Waals surface area contributed by atoms with E-state index in [4.69, 9.17) is 9.94 Å². The second kappa shape index (κ2) is 3.64. The second-order valence-electron chi connectivity index (χ2n) is 3.76. The predicted molar refractivity (Wildman–Crippen MR) is 45.6 cm³/mol. The fourth-order valence-electron chi connectivity index (χ4n) is 1.65. The molecule has 1 N–H and O–H groups in total. The number of nitrogens with zero attached hydrogens (tertiary/aromatic N) is 1. The minimum absolute atomic E-state index is 0.0744. The van der Waals surface area contributed by atoms with Gasteiger partial charge in [-0.25, -0.2) is 5.06 Å². The summed E-state index contributed by atoms with van der Waals surface area (Å²) in [6.07, 6.45) is 3.67. The number of amides is 1. The Morgan fingerprint density at radius 2 is 2.31 bits per heavy atom. The maximum absolute atomic E-state index is 11.3. The van der Waals surface area contributed by atoms with Crippen molar-refractivity contribution in [2.75, 3.05) is 13.2 Å². The lowest BCUT2D eigenvalue weighted by molar-refractivity contribution is -0.175. The topological polar surface area (TPSA) is 49.8 Å². The number of hydrogen-bond donors (Lipinski definition) is 1. The van der Waals surface area contributed by atoms with Gasteiger partial charge in [-0.2, -0.15) is 0 Å². The van der Waals surface area contributed by atoms with Crippen molar-refractivity contribution in [3.8, 4) is 0 Å². The molecule has 0 aromatic carbocycles. The SMILES string of the molecule is O=C1CC(C2CC2)ON1CCCO. The van der Waals surface area contributed by atoms with Crippen molar-refractivity contribution in [2.45, 2.75) is 31.8 Å². The molecule has 0 aromatic heterocycles. The first-order valence-corrected chi connectivity index (χ1v) is 4.89. The van der Waals surface area contributed by atoms with Crippen LogP contribution in [-0.2, 0) is 9.63 Å². The monoisotopic (exact) mass is 185 g/mol. The van der Waals surface area contributed by atoms with Crippen molar-refractivity contribution in [1.82, 2.24) is 5.06 Å². The van der Waals surface area contributed by atoms with Crippen molar-refractivity contribution < 1.29 is 14.7 Å². The lowest BCUT2D eigenvalue weighted by atomic mass is 10.2. The molecule has 1 heterocycles. The van der Waals surface area contributed by atoms with E-state index in [1.54, 1.807) is 0 Å². The number of hydroxylamine groups is 2. The number of rotatable bonds is 4. The number of hydrogen-bond acceptors (Lipinski definition) is 3. The molecular weight excluding hydrogens is 170 g/mol. The molecule has 2 fully saturated rings. The van der Waals surface area contributed by atoms with E-state index in [2.05, 4.69) is 0 Å². The Kier molecular flexibility index (Phi) is 2.51. The predicted octanol–water partition coefficient (Wildman–Crippen LogP) is 0.311. The molecule has 2 aliphatic rings. The van der Waals surface area contributed by atoms with Crippen LogP contribution in [0.3, 0.4) is 0 Å². The van der Waals surface area contributed by atoms with E-state index in [9.17, 15) is 4.79 Å². The molecule has 1 atom stereocenters. The van der Waals surface area contributed by atoms with Gasteiger partial charge in [0.1, 0.15) is 0 Å². The average Bonchev–Trinajstić information content (AvgIpc) is 2.89. The fraction of sp³-hybridized carbons (Fsp3) is 0.889. The number of aliphatic hydroxyl groups is 1. The van der Waals surface area contributed by atoms with Crippen LogP contribution >= 0.6 is 0 Å². The van der Waals surface area contributed by atoms with Crippen molar-refractivity contribution in [3.63, 3.8) is 0 Å². The van der Waals surface area contributed by atoms with Crippen LogP contribution in [-0.4, -0.2) is 35.3 Å². The van der Waals surface area contributed by atoms with Crippen molar-refractivity contribution in [1.29, 1.82) is 0 Å². The maximum Gasteiger partial charge on any atom is 0.248 e. The molecule has 0 spiro atoms. The number of carbonyl (C=O) groups excluding carboxylic acids is 1. The molecular formula is C9H15NO3. The average molecular weight is 185 g/mol. The minimum Gasteiger partial charge on any atom is -0.396 e. The lowest BCUT2D eigenvalue weighted by Gasteiger charge is -2.15. The van der Waals surface area contributed by atoms with Crippen molar-refractivity contribution in [2.24, 2.45) is 5.92 Å². The van der Waals surface area contributed by atoms with Gasteiger partial charge in [0.05, 0.1) is 19.1 Å². The van der Waals surface area contributed by atoms with Crippen molar-refractivity contribution >= 4 is 5.91 Å². The van der Waals surface area contributed by atoms with E-state index < -0.39 is 0 Å². The van der Waals surface area contributed by atoms with Crippen molar-refractivity contribution in [3.05, 3.63) is 0 Å². The first kappa shape index (κ1) is 8.97. The third-order valence-electron chi connectivity index (χ3n) is 2.58. The van der Waals surface area contributed by atoms with Crippen LogP contribution in [0.1, 0.15) is 25.7 Å². The third kappa shape index (κ3) is 2.00. The van der Waals surface area contributed by atoms with Gasteiger partial charge in [-0.1, -0.05) is 0 Å². The Hall–Kier alpha value is -0.610. The van der Waals surface area contributed by atoms with Gasteiger partial charge < -0.3 is 5.11 Å². The van der Waals surface area contributed by atoms with Crippen LogP contribution < -0.4 is 0 Å². The van der Waals surface area contributed by atoms with Crippen LogP contribution in [0.5, 0.6) is 0 Å². The smallest absolute Gasteiger partial charge is 0.248 e. The molecule has 0 radical (unpaired) electrons. The molecule has 0 aromatic rings. The summed E-state index contributed by atoms with van der Waals surface area (Å²) in [4.78, 5) is 16.8. The quantitative estimate of drug-likeness (QED) is 0.685. The Bertz CT molecular complexity index is 203. The summed E-state index contributed by atoms with van der Waals surface area (Å²) in [5.74, 6) is 0.688. The molecule has 4 heteroatoms. The first-order valence-electron chi connectivity index (χ1n) is 4.89. The summed E-state index contributed by atoms with van der Waals surface area (Å²) in [5, 5.41) is 10.0. The number of aliphatic hydroxyl groups excluding tert-OH is 1. The van der Waals surface area contributed by atoms with Crippen LogP contribution in [0, 0.1) is 5.92 Å². The molecule has 1 aliphatic heterocycles. The maximum atomic E-state index is 11.3. The molecule has 13 heavy (non-hydrogen) atoms. The van der Waals surface area contributed by atoms with E-state index in [1.807, 2.05) is 0 Å². The lowest BCUT2D eigenvalue weighted by Crippen LogP contribution is -2.25.